The number of halogens is 2. The van der Waals surface area contributed by atoms with Crippen LogP contribution in [0.15, 0.2) is 60.1 Å². The second-order valence-electron chi connectivity index (χ2n) is 7.57. The fourth-order valence-corrected chi connectivity index (χ4v) is 5.22. The number of ether oxygens (including phenoxy) is 1. The van der Waals surface area contributed by atoms with Crippen LogP contribution in [0.3, 0.4) is 0 Å². The number of fused-ring (bicyclic) bond motifs is 1. The molecule has 1 aliphatic rings. The van der Waals surface area contributed by atoms with Crippen molar-refractivity contribution in [2.24, 2.45) is 0 Å². The molecular weight excluding hydrogens is 465 g/mol. The van der Waals surface area contributed by atoms with E-state index in [4.69, 9.17) is 32.9 Å². The van der Waals surface area contributed by atoms with Gasteiger partial charge in [0.05, 0.1) is 28.9 Å². The fraction of sp³-hybridized carbons (Fsp3) is 0.208. The molecule has 162 valence electrons. The predicted molar refractivity (Wildman–Crippen MR) is 130 cm³/mol. The molecule has 0 spiro atoms. The number of thiazole rings is 1. The van der Waals surface area contributed by atoms with E-state index in [1.165, 1.54) is 11.3 Å². The van der Waals surface area contributed by atoms with Crippen molar-refractivity contribution in [3.8, 4) is 11.3 Å². The average molecular weight is 484 g/mol. The Morgan fingerprint density at radius 1 is 1.19 bits per heavy atom. The molecule has 32 heavy (non-hydrogen) atoms. The molecular formula is C24H19Cl2N3O2S. The maximum atomic E-state index is 13.8. The van der Waals surface area contributed by atoms with Gasteiger partial charge in [0.1, 0.15) is 0 Å². The summed E-state index contributed by atoms with van der Waals surface area (Å²) in [5.74, 6) is -0.123. The van der Waals surface area contributed by atoms with E-state index in [1.807, 2.05) is 41.8 Å². The Morgan fingerprint density at radius 2 is 2.09 bits per heavy atom. The van der Waals surface area contributed by atoms with E-state index in [-0.39, 0.29) is 12.0 Å². The SMILES string of the molecule is O=C(c1cccc2ncccc12)N(CC1CCCO1)c1nc(-c2ccc(Cl)cc2Cl)cs1. The summed E-state index contributed by atoms with van der Waals surface area (Å²) in [6.07, 6.45) is 3.62. The average Bonchev–Trinajstić information content (AvgIpc) is 3.49. The van der Waals surface area contributed by atoms with E-state index in [1.54, 1.807) is 23.2 Å². The number of hydrogen-bond acceptors (Lipinski definition) is 5. The molecule has 0 saturated carbocycles. The van der Waals surface area contributed by atoms with Gasteiger partial charge >= 0.3 is 0 Å². The molecule has 5 rings (SSSR count). The Labute approximate surface area is 199 Å². The molecule has 1 amide bonds. The van der Waals surface area contributed by atoms with E-state index >= 15 is 0 Å². The first kappa shape index (κ1) is 21.3. The van der Waals surface area contributed by atoms with Crippen molar-refractivity contribution in [3.63, 3.8) is 0 Å². The Kier molecular flexibility index (Phi) is 6.11. The number of benzene rings is 2. The number of amides is 1. The lowest BCUT2D eigenvalue weighted by atomic mass is 10.1. The minimum absolute atomic E-state index is 0.0153. The molecule has 1 atom stereocenters. The van der Waals surface area contributed by atoms with Crippen LogP contribution in [0.1, 0.15) is 23.2 Å². The zero-order valence-electron chi connectivity index (χ0n) is 17.0. The van der Waals surface area contributed by atoms with Gasteiger partial charge in [-0.15, -0.1) is 11.3 Å². The van der Waals surface area contributed by atoms with Gasteiger partial charge in [-0.3, -0.25) is 14.7 Å². The highest BCUT2D eigenvalue weighted by Gasteiger charge is 2.28. The van der Waals surface area contributed by atoms with Crippen molar-refractivity contribution in [1.29, 1.82) is 0 Å². The van der Waals surface area contributed by atoms with Crippen molar-refractivity contribution in [1.82, 2.24) is 9.97 Å². The van der Waals surface area contributed by atoms with Crippen LogP contribution in [-0.4, -0.2) is 35.1 Å². The van der Waals surface area contributed by atoms with Gasteiger partial charge in [-0.25, -0.2) is 4.98 Å². The quantitative estimate of drug-likeness (QED) is 0.325. The molecule has 4 aromatic rings. The van der Waals surface area contributed by atoms with E-state index in [9.17, 15) is 4.79 Å². The van der Waals surface area contributed by atoms with Gasteiger partial charge < -0.3 is 4.74 Å². The van der Waals surface area contributed by atoms with Crippen molar-refractivity contribution in [2.75, 3.05) is 18.1 Å². The molecule has 1 aliphatic heterocycles. The molecule has 0 aliphatic carbocycles. The van der Waals surface area contributed by atoms with Crippen LogP contribution in [0.2, 0.25) is 10.0 Å². The van der Waals surface area contributed by atoms with Gasteiger partial charge in [0.15, 0.2) is 5.13 Å². The minimum Gasteiger partial charge on any atom is -0.376 e. The Hall–Kier alpha value is -2.51. The Bertz CT molecular complexity index is 1280. The zero-order chi connectivity index (χ0) is 22.1. The summed E-state index contributed by atoms with van der Waals surface area (Å²) in [4.78, 5) is 24.6. The topological polar surface area (TPSA) is 55.3 Å². The summed E-state index contributed by atoms with van der Waals surface area (Å²) in [5.41, 5.74) is 2.85. The van der Waals surface area contributed by atoms with Crippen molar-refractivity contribution in [3.05, 3.63) is 75.7 Å². The van der Waals surface area contributed by atoms with Crippen LogP contribution >= 0.6 is 34.5 Å². The number of anilines is 1. The minimum atomic E-state index is -0.123. The summed E-state index contributed by atoms with van der Waals surface area (Å²) >= 11 is 13.8. The second-order valence-corrected chi connectivity index (χ2v) is 9.25. The number of nitrogens with zero attached hydrogens (tertiary/aromatic N) is 3. The number of aromatic nitrogens is 2. The first-order valence-electron chi connectivity index (χ1n) is 10.3. The van der Waals surface area contributed by atoms with Crippen LogP contribution in [0.4, 0.5) is 5.13 Å². The first-order chi connectivity index (χ1) is 15.6. The monoisotopic (exact) mass is 483 g/mol. The smallest absolute Gasteiger partial charge is 0.260 e. The Balaban J connectivity index is 1.54. The van der Waals surface area contributed by atoms with E-state index in [2.05, 4.69) is 4.98 Å². The molecule has 5 nitrogen and oxygen atoms in total. The molecule has 1 saturated heterocycles. The largest absolute Gasteiger partial charge is 0.376 e. The van der Waals surface area contributed by atoms with Gasteiger partial charge in [0.25, 0.3) is 5.91 Å². The summed E-state index contributed by atoms with van der Waals surface area (Å²) in [5, 5.41) is 4.41. The standard InChI is InChI=1S/C24H19Cl2N3O2S/c25-15-8-9-19(20(26)12-15)22-14-32-24(28-22)29(13-16-4-3-11-31-16)23(30)18-5-1-7-21-17(18)6-2-10-27-21/h1-2,5-10,12,14,16H,3-4,11,13H2. The number of carbonyl (C=O) groups excluding carboxylic acids is 1. The highest BCUT2D eigenvalue weighted by Crippen LogP contribution is 2.34. The van der Waals surface area contributed by atoms with Gasteiger partial charge in [0, 0.05) is 39.7 Å². The fourth-order valence-electron chi connectivity index (χ4n) is 3.88. The summed E-state index contributed by atoms with van der Waals surface area (Å²) in [6.45, 7) is 1.16. The maximum absolute atomic E-state index is 13.8. The molecule has 1 fully saturated rings. The third-order valence-electron chi connectivity index (χ3n) is 5.46. The van der Waals surface area contributed by atoms with E-state index in [0.29, 0.717) is 39.6 Å². The highest BCUT2D eigenvalue weighted by molar-refractivity contribution is 7.14. The van der Waals surface area contributed by atoms with Gasteiger partial charge in [-0.05, 0) is 49.2 Å². The Morgan fingerprint density at radius 3 is 2.91 bits per heavy atom. The van der Waals surface area contributed by atoms with Crippen LogP contribution in [0.5, 0.6) is 0 Å². The predicted octanol–water partition coefficient (Wildman–Crippen LogP) is 6.49. The van der Waals surface area contributed by atoms with Gasteiger partial charge in [0.2, 0.25) is 0 Å². The molecule has 3 heterocycles. The summed E-state index contributed by atoms with van der Waals surface area (Å²) in [6, 6.07) is 14.7. The van der Waals surface area contributed by atoms with E-state index in [0.717, 1.165) is 29.3 Å². The van der Waals surface area contributed by atoms with Crippen molar-refractivity contribution >= 4 is 56.5 Å². The van der Waals surface area contributed by atoms with Crippen LogP contribution in [0.25, 0.3) is 22.2 Å². The highest BCUT2D eigenvalue weighted by atomic mass is 35.5. The normalized spacial score (nSPS) is 15.9. The van der Waals surface area contributed by atoms with Crippen LogP contribution in [-0.2, 0) is 4.74 Å². The molecule has 2 aromatic carbocycles. The molecule has 8 heteroatoms. The number of carbonyl (C=O) groups is 1. The number of hydrogen-bond donors (Lipinski definition) is 0. The lowest BCUT2D eigenvalue weighted by molar-refractivity contribution is 0.0918. The lowest BCUT2D eigenvalue weighted by Gasteiger charge is -2.23. The first-order valence-corrected chi connectivity index (χ1v) is 11.9. The third-order valence-corrected chi connectivity index (χ3v) is 6.87. The third kappa shape index (κ3) is 4.24. The number of rotatable bonds is 5. The summed E-state index contributed by atoms with van der Waals surface area (Å²) < 4.78 is 5.84. The van der Waals surface area contributed by atoms with Crippen molar-refractivity contribution < 1.29 is 9.53 Å². The molecule has 0 bridgehead atoms. The molecule has 1 unspecified atom stereocenters. The maximum Gasteiger partial charge on any atom is 0.260 e. The molecule has 0 radical (unpaired) electrons. The van der Waals surface area contributed by atoms with Gasteiger partial charge in [-0.1, -0.05) is 35.3 Å². The molecule has 2 aromatic heterocycles. The second kappa shape index (κ2) is 9.16. The number of pyridine rings is 1. The van der Waals surface area contributed by atoms with Crippen LogP contribution < -0.4 is 4.90 Å². The molecule has 0 N–H and O–H groups in total. The zero-order valence-corrected chi connectivity index (χ0v) is 19.3. The van der Waals surface area contributed by atoms with Gasteiger partial charge in [-0.2, -0.15) is 0 Å². The van der Waals surface area contributed by atoms with Crippen LogP contribution in [0, 0.1) is 0 Å². The van der Waals surface area contributed by atoms with E-state index < -0.39 is 0 Å². The lowest BCUT2D eigenvalue weighted by Crippen LogP contribution is -2.37. The summed E-state index contributed by atoms with van der Waals surface area (Å²) in [7, 11) is 0. The van der Waals surface area contributed by atoms with Crippen molar-refractivity contribution in [2.45, 2.75) is 18.9 Å².